The highest BCUT2D eigenvalue weighted by Gasteiger charge is 2.06. The average molecular weight is 184 g/mol. The SMILES string of the molecule is CC(=O)OCC[N+](C)(C)[14CH3].[Cl-]. The van der Waals surface area contributed by atoms with Gasteiger partial charge in [0.2, 0.25) is 0 Å². The van der Waals surface area contributed by atoms with E-state index in [1.54, 1.807) is 0 Å². The molecule has 0 fully saturated rings. The van der Waals surface area contributed by atoms with E-state index < -0.39 is 0 Å². The van der Waals surface area contributed by atoms with Crippen LogP contribution >= 0.6 is 0 Å². The van der Waals surface area contributed by atoms with E-state index in [4.69, 9.17) is 4.74 Å². The van der Waals surface area contributed by atoms with Crippen molar-refractivity contribution in [1.82, 2.24) is 0 Å². The summed E-state index contributed by atoms with van der Waals surface area (Å²) in [5.41, 5.74) is 0. The third-order valence-corrected chi connectivity index (χ3v) is 1.07. The number of halogens is 1. The van der Waals surface area contributed by atoms with Crippen LogP contribution in [0.15, 0.2) is 0 Å². The standard InChI is InChI=1S/C7H16NO2.ClH/c1-7(9)10-6-5-8(2,3)4;/h5-6H2,1-4H3;1H/q+1;/p-1/i2+2;. The first-order valence-corrected chi connectivity index (χ1v) is 3.35. The summed E-state index contributed by atoms with van der Waals surface area (Å²) in [5.74, 6) is -0.201. The fraction of sp³-hybridized carbons (Fsp3) is 0.857. The zero-order valence-electron chi connectivity index (χ0n) is 7.56. The van der Waals surface area contributed by atoms with Gasteiger partial charge in [0.05, 0.1) is 21.1 Å². The van der Waals surface area contributed by atoms with Gasteiger partial charge in [-0.05, 0) is 0 Å². The number of esters is 1. The van der Waals surface area contributed by atoms with Crippen LogP contribution < -0.4 is 12.4 Å². The van der Waals surface area contributed by atoms with Gasteiger partial charge >= 0.3 is 5.97 Å². The Bertz CT molecular complexity index is 120. The molecule has 0 saturated carbocycles. The number of rotatable bonds is 3. The second kappa shape index (κ2) is 5.38. The normalized spacial score (nSPS) is 10.2. The molecule has 0 saturated heterocycles. The van der Waals surface area contributed by atoms with Gasteiger partial charge < -0.3 is 21.6 Å². The molecule has 0 aromatic carbocycles. The molecule has 0 aliphatic heterocycles. The molecule has 0 aliphatic rings. The molecule has 0 unspecified atom stereocenters. The van der Waals surface area contributed by atoms with E-state index in [0.29, 0.717) is 6.61 Å². The summed E-state index contributed by atoms with van der Waals surface area (Å²) in [4.78, 5) is 10.3. The quantitative estimate of drug-likeness (QED) is 0.351. The molecular formula is C7H16ClNO2. The van der Waals surface area contributed by atoms with Crippen LogP contribution in [0.2, 0.25) is 0 Å². The fourth-order valence-electron chi connectivity index (χ4n) is 0.463. The Labute approximate surface area is 74.3 Å². The smallest absolute Gasteiger partial charge is 0.302 e. The first-order valence-electron chi connectivity index (χ1n) is 3.35. The molecule has 68 valence electrons. The minimum atomic E-state index is -0.201. The highest BCUT2D eigenvalue weighted by Crippen LogP contribution is 1.88. The van der Waals surface area contributed by atoms with Crippen molar-refractivity contribution in [3.05, 3.63) is 0 Å². The first kappa shape index (κ1) is 13.3. The zero-order chi connectivity index (χ0) is 8.20. The summed E-state index contributed by atoms with van der Waals surface area (Å²) in [6.07, 6.45) is 0. The minimum Gasteiger partial charge on any atom is -1.00 e. The predicted molar refractivity (Wildman–Crippen MR) is 39.5 cm³/mol. The first-order chi connectivity index (χ1) is 4.42. The Balaban J connectivity index is 0. The third kappa shape index (κ3) is 12.8. The molecular weight excluding hydrogens is 168 g/mol. The highest BCUT2D eigenvalue weighted by molar-refractivity contribution is 5.65. The van der Waals surface area contributed by atoms with Crippen molar-refractivity contribution in [3.63, 3.8) is 0 Å². The highest BCUT2D eigenvalue weighted by atomic mass is 35.5. The number of hydrogen-bond donors (Lipinski definition) is 0. The van der Waals surface area contributed by atoms with E-state index >= 15 is 0 Å². The van der Waals surface area contributed by atoms with Crippen LogP contribution in [0.25, 0.3) is 0 Å². The molecule has 0 aromatic heterocycles. The van der Waals surface area contributed by atoms with Crippen molar-refractivity contribution >= 4 is 5.97 Å². The van der Waals surface area contributed by atoms with Crippen molar-refractivity contribution < 1.29 is 26.4 Å². The Morgan fingerprint density at radius 3 is 2.27 bits per heavy atom. The Morgan fingerprint density at radius 1 is 1.55 bits per heavy atom. The lowest BCUT2D eigenvalue weighted by atomic mass is 10.6. The van der Waals surface area contributed by atoms with Gasteiger partial charge in [-0.3, -0.25) is 4.79 Å². The largest absolute Gasteiger partial charge is 1.00 e. The second-order valence-electron chi connectivity index (χ2n) is 3.35. The molecule has 0 aliphatic carbocycles. The van der Waals surface area contributed by atoms with Crippen LogP contribution in [0.5, 0.6) is 0 Å². The second-order valence-corrected chi connectivity index (χ2v) is 3.35. The van der Waals surface area contributed by atoms with Crippen LogP contribution in [0.1, 0.15) is 6.92 Å². The van der Waals surface area contributed by atoms with Gasteiger partial charge in [-0.15, -0.1) is 0 Å². The van der Waals surface area contributed by atoms with E-state index in [-0.39, 0.29) is 18.4 Å². The molecule has 4 heteroatoms. The van der Waals surface area contributed by atoms with Gasteiger partial charge in [0.25, 0.3) is 0 Å². The van der Waals surface area contributed by atoms with Gasteiger partial charge in [-0.1, -0.05) is 0 Å². The van der Waals surface area contributed by atoms with Gasteiger partial charge in [0.15, 0.2) is 0 Å². The van der Waals surface area contributed by atoms with E-state index in [0.717, 1.165) is 11.0 Å². The molecule has 11 heavy (non-hydrogen) atoms. The minimum absolute atomic E-state index is 0. The van der Waals surface area contributed by atoms with E-state index in [9.17, 15) is 4.79 Å². The number of likely N-dealkylation sites (N-methyl/N-ethyl adjacent to an activating group) is 1. The predicted octanol–water partition coefficient (Wildman–Crippen LogP) is -2.74. The molecule has 0 amide bonds. The van der Waals surface area contributed by atoms with E-state index in [1.807, 2.05) is 0 Å². The lowest BCUT2D eigenvalue weighted by Crippen LogP contribution is -3.00. The van der Waals surface area contributed by atoms with Crippen LogP contribution in [0.4, 0.5) is 0 Å². The maximum atomic E-state index is 10.3. The van der Waals surface area contributed by atoms with Crippen molar-refractivity contribution in [2.24, 2.45) is 0 Å². The topological polar surface area (TPSA) is 26.3 Å². The van der Waals surface area contributed by atoms with Crippen molar-refractivity contribution in [3.8, 4) is 0 Å². The maximum Gasteiger partial charge on any atom is 0.302 e. The number of ether oxygens (including phenoxy) is 1. The van der Waals surface area contributed by atoms with E-state index in [2.05, 4.69) is 21.1 Å². The van der Waals surface area contributed by atoms with Crippen LogP contribution in [0.3, 0.4) is 0 Å². The molecule has 0 N–H and O–H groups in total. The van der Waals surface area contributed by atoms with Crippen LogP contribution in [-0.2, 0) is 9.53 Å². The van der Waals surface area contributed by atoms with E-state index in [1.165, 1.54) is 6.92 Å². The molecule has 0 radical (unpaired) electrons. The summed E-state index contributed by atoms with van der Waals surface area (Å²) in [6, 6.07) is 0. The maximum absolute atomic E-state index is 10.3. The molecule has 0 heterocycles. The molecule has 0 rings (SSSR count). The Kier molecular flexibility index (Phi) is 6.52. The molecule has 0 spiro atoms. The molecule has 0 bridgehead atoms. The summed E-state index contributed by atoms with van der Waals surface area (Å²) < 4.78 is 5.59. The Hall–Kier alpha value is -0.280. The summed E-state index contributed by atoms with van der Waals surface area (Å²) in [5, 5.41) is 0. The van der Waals surface area contributed by atoms with Crippen molar-refractivity contribution in [2.75, 3.05) is 34.3 Å². The lowest BCUT2D eigenvalue weighted by molar-refractivity contribution is -0.870. The van der Waals surface area contributed by atoms with Gasteiger partial charge in [-0.2, -0.15) is 0 Å². The average Bonchev–Trinajstić information content (AvgIpc) is 1.59. The number of nitrogens with zero attached hydrogens (tertiary/aromatic N) is 1. The molecule has 0 atom stereocenters. The number of carbonyl (C=O) groups is 1. The molecule has 0 aromatic rings. The summed E-state index contributed by atoms with van der Waals surface area (Å²) >= 11 is 0. The van der Waals surface area contributed by atoms with Gasteiger partial charge in [-0.25, -0.2) is 0 Å². The molecule has 3 nitrogen and oxygen atoms in total. The number of hydrogen-bond acceptors (Lipinski definition) is 2. The van der Waals surface area contributed by atoms with Crippen molar-refractivity contribution in [1.29, 1.82) is 0 Å². The van der Waals surface area contributed by atoms with Crippen molar-refractivity contribution in [2.45, 2.75) is 6.92 Å². The van der Waals surface area contributed by atoms with Gasteiger partial charge in [0.1, 0.15) is 13.2 Å². The lowest BCUT2D eigenvalue weighted by Gasteiger charge is -2.23. The monoisotopic (exact) mass is 183 g/mol. The summed E-state index contributed by atoms with van der Waals surface area (Å²) in [6.45, 7) is 2.80. The van der Waals surface area contributed by atoms with Crippen LogP contribution in [-0.4, -0.2) is 44.7 Å². The van der Waals surface area contributed by atoms with Crippen LogP contribution in [0, 0.1) is 0 Å². The fourth-order valence-corrected chi connectivity index (χ4v) is 0.463. The number of carbonyl (C=O) groups excluding carboxylic acids is 1. The Morgan fingerprint density at radius 2 is 2.00 bits per heavy atom. The third-order valence-electron chi connectivity index (χ3n) is 1.07. The summed E-state index contributed by atoms with van der Waals surface area (Å²) in [7, 11) is 6.18. The van der Waals surface area contributed by atoms with Gasteiger partial charge in [0, 0.05) is 6.92 Å². The zero-order valence-corrected chi connectivity index (χ0v) is 8.31. The number of quaternary nitrogens is 1.